The number of aryl methyl sites for hydroxylation is 1. The third kappa shape index (κ3) is 4.29. The lowest BCUT2D eigenvalue weighted by Gasteiger charge is -2.10. The van der Waals surface area contributed by atoms with Gasteiger partial charge in [-0.05, 0) is 42.5 Å². The van der Waals surface area contributed by atoms with Crippen LogP contribution in [0.2, 0.25) is 0 Å². The molecule has 2 aromatic carbocycles. The molecule has 9 heteroatoms. The van der Waals surface area contributed by atoms with E-state index in [4.69, 9.17) is 10.5 Å². The van der Waals surface area contributed by atoms with Crippen LogP contribution in [0.5, 0.6) is 11.5 Å². The van der Waals surface area contributed by atoms with E-state index in [1.807, 2.05) is 23.7 Å². The highest BCUT2D eigenvalue weighted by atomic mass is 19.4. The molecule has 0 saturated heterocycles. The number of halogens is 3. The molecule has 0 atom stereocenters. The van der Waals surface area contributed by atoms with Gasteiger partial charge < -0.3 is 25.1 Å². The molecule has 0 fully saturated rings. The van der Waals surface area contributed by atoms with Gasteiger partial charge in [0.05, 0.1) is 17.6 Å². The van der Waals surface area contributed by atoms with E-state index in [1.54, 1.807) is 6.07 Å². The molecule has 6 nitrogen and oxygen atoms in total. The summed E-state index contributed by atoms with van der Waals surface area (Å²) in [6, 6.07) is 10.7. The van der Waals surface area contributed by atoms with Gasteiger partial charge in [-0.15, -0.1) is 13.2 Å². The van der Waals surface area contributed by atoms with Gasteiger partial charge in [-0.25, -0.2) is 4.98 Å². The van der Waals surface area contributed by atoms with Gasteiger partial charge >= 0.3 is 6.36 Å². The van der Waals surface area contributed by atoms with Gasteiger partial charge in [-0.3, -0.25) is 0 Å². The normalized spacial score (nSPS) is 11.5. The number of aromatic nitrogens is 2. The number of hydrogen-bond donors (Lipinski definition) is 2. The van der Waals surface area contributed by atoms with Gasteiger partial charge in [-0.1, -0.05) is 0 Å². The molecule has 0 radical (unpaired) electrons. The van der Waals surface area contributed by atoms with E-state index in [1.165, 1.54) is 24.3 Å². The quantitative estimate of drug-likeness (QED) is 0.516. The van der Waals surface area contributed by atoms with Crippen LogP contribution >= 0.6 is 0 Å². The Morgan fingerprint density at radius 1 is 1.12 bits per heavy atom. The molecule has 0 amide bonds. The summed E-state index contributed by atoms with van der Waals surface area (Å²) in [5.41, 5.74) is 8.13. The number of ether oxygens (including phenoxy) is 2. The Kier molecular flexibility index (Phi) is 4.79. The van der Waals surface area contributed by atoms with Crippen molar-refractivity contribution in [2.75, 3.05) is 24.2 Å². The summed E-state index contributed by atoms with van der Waals surface area (Å²) in [6.45, 7) is 0.776. The molecule has 1 heterocycles. The van der Waals surface area contributed by atoms with E-state index in [0.717, 1.165) is 11.0 Å². The number of fused-ring (bicyclic) bond motifs is 1. The molecule has 0 unspecified atom stereocenters. The zero-order valence-electron chi connectivity index (χ0n) is 13.9. The van der Waals surface area contributed by atoms with Crippen LogP contribution in [-0.4, -0.2) is 29.1 Å². The fraction of sp³-hybridized carbons (Fsp3) is 0.235. The minimum absolute atomic E-state index is 0.290. The number of hydrogen-bond acceptors (Lipinski definition) is 5. The zero-order chi connectivity index (χ0) is 18.7. The van der Waals surface area contributed by atoms with Gasteiger partial charge in [0.25, 0.3) is 0 Å². The Labute approximate surface area is 147 Å². The van der Waals surface area contributed by atoms with E-state index in [9.17, 15) is 13.2 Å². The van der Waals surface area contributed by atoms with Crippen LogP contribution in [0.3, 0.4) is 0 Å². The molecule has 3 N–H and O–H groups in total. The lowest BCUT2D eigenvalue weighted by Crippen LogP contribution is -2.17. The number of benzene rings is 2. The maximum Gasteiger partial charge on any atom is 0.573 e. The number of rotatable bonds is 6. The van der Waals surface area contributed by atoms with Crippen LogP contribution in [0.4, 0.5) is 24.8 Å². The van der Waals surface area contributed by atoms with Crippen LogP contribution in [0.1, 0.15) is 0 Å². The number of nitrogens with zero attached hydrogens (tertiary/aromatic N) is 2. The second-order valence-electron chi connectivity index (χ2n) is 5.54. The number of nitrogens with one attached hydrogen (secondary N) is 1. The van der Waals surface area contributed by atoms with Crippen molar-refractivity contribution in [1.29, 1.82) is 0 Å². The lowest BCUT2D eigenvalue weighted by molar-refractivity contribution is -0.274. The summed E-state index contributed by atoms with van der Waals surface area (Å²) in [5.74, 6) is 0.823. The smallest absolute Gasteiger partial charge is 0.492 e. The average Bonchev–Trinajstić information content (AvgIpc) is 2.87. The Morgan fingerprint density at radius 3 is 2.50 bits per heavy atom. The lowest BCUT2D eigenvalue weighted by atomic mass is 10.3. The first-order chi connectivity index (χ1) is 12.3. The summed E-state index contributed by atoms with van der Waals surface area (Å²) < 4.78 is 47.5. The molecule has 3 rings (SSSR count). The molecule has 3 aromatic rings. The third-order valence-corrected chi connectivity index (χ3v) is 3.62. The van der Waals surface area contributed by atoms with Gasteiger partial charge in [0.15, 0.2) is 0 Å². The van der Waals surface area contributed by atoms with Crippen molar-refractivity contribution in [3.8, 4) is 11.5 Å². The topological polar surface area (TPSA) is 74.3 Å². The largest absolute Gasteiger partial charge is 0.573 e. The van der Waals surface area contributed by atoms with Crippen LogP contribution in [0.15, 0.2) is 42.5 Å². The first-order valence-corrected chi connectivity index (χ1v) is 7.76. The zero-order valence-corrected chi connectivity index (χ0v) is 13.9. The van der Waals surface area contributed by atoms with Crippen molar-refractivity contribution in [3.05, 3.63) is 42.5 Å². The minimum atomic E-state index is -4.71. The number of alkyl halides is 3. The predicted molar refractivity (Wildman–Crippen MR) is 92.2 cm³/mol. The van der Waals surface area contributed by atoms with Gasteiger partial charge in [-0.2, -0.15) is 0 Å². The number of imidazole rings is 1. The average molecular weight is 366 g/mol. The van der Waals surface area contributed by atoms with Crippen LogP contribution < -0.4 is 20.5 Å². The van der Waals surface area contributed by atoms with Crippen LogP contribution in [0.25, 0.3) is 11.0 Å². The predicted octanol–water partition coefficient (Wildman–Crippen LogP) is 3.55. The molecule has 0 aliphatic heterocycles. The number of nitrogens with two attached hydrogens (primary N) is 1. The Balaban J connectivity index is 1.52. The van der Waals surface area contributed by atoms with Crippen molar-refractivity contribution in [3.63, 3.8) is 0 Å². The Bertz CT molecular complexity index is 891. The summed E-state index contributed by atoms with van der Waals surface area (Å²) >= 11 is 0. The van der Waals surface area contributed by atoms with E-state index >= 15 is 0 Å². The minimum Gasteiger partial charge on any atom is -0.492 e. The molecule has 1 aromatic heterocycles. The fourth-order valence-electron chi connectivity index (χ4n) is 2.44. The molecule has 0 aliphatic rings. The number of nitrogen functional groups attached to an aromatic ring is 1. The third-order valence-electron chi connectivity index (χ3n) is 3.62. The van der Waals surface area contributed by atoms with Crippen LogP contribution in [0, 0.1) is 0 Å². The fourth-order valence-corrected chi connectivity index (χ4v) is 2.44. The van der Waals surface area contributed by atoms with E-state index < -0.39 is 6.36 Å². The molecule has 0 bridgehead atoms. The molecule has 0 aliphatic carbocycles. The van der Waals surface area contributed by atoms with E-state index in [2.05, 4.69) is 15.0 Å². The summed E-state index contributed by atoms with van der Waals surface area (Å²) in [5, 5.41) is 3.15. The van der Waals surface area contributed by atoms with Crippen molar-refractivity contribution in [1.82, 2.24) is 9.55 Å². The summed E-state index contributed by atoms with van der Waals surface area (Å²) in [7, 11) is 1.88. The van der Waals surface area contributed by atoms with Gasteiger partial charge in [0.1, 0.15) is 18.1 Å². The highest BCUT2D eigenvalue weighted by Gasteiger charge is 2.30. The SMILES string of the molecule is Cn1c(NCCOc2ccc(OC(F)(F)F)cc2)nc2cc(N)ccc21. The standard InChI is InChI=1S/C17H17F3N4O2/c1-24-15-7-2-11(21)10-14(15)23-16(24)22-8-9-25-12-3-5-13(6-4-12)26-17(18,19)20/h2-7,10H,8-9,21H2,1H3,(H,22,23). The monoisotopic (exact) mass is 366 g/mol. The first kappa shape index (κ1) is 17.7. The second kappa shape index (κ2) is 7.03. The van der Waals surface area contributed by atoms with Gasteiger partial charge in [0, 0.05) is 12.7 Å². The molecular formula is C17H17F3N4O2. The highest BCUT2D eigenvalue weighted by molar-refractivity contribution is 5.81. The van der Waals surface area contributed by atoms with Crippen LogP contribution in [-0.2, 0) is 7.05 Å². The van der Waals surface area contributed by atoms with Crippen molar-refractivity contribution in [2.24, 2.45) is 7.05 Å². The summed E-state index contributed by atoms with van der Waals surface area (Å²) in [6.07, 6.45) is -4.71. The summed E-state index contributed by atoms with van der Waals surface area (Å²) in [4.78, 5) is 4.46. The van der Waals surface area contributed by atoms with Crippen molar-refractivity contribution >= 4 is 22.7 Å². The number of anilines is 2. The van der Waals surface area contributed by atoms with E-state index in [0.29, 0.717) is 30.5 Å². The Morgan fingerprint density at radius 2 is 1.81 bits per heavy atom. The molecule has 26 heavy (non-hydrogen) atoms. The Hall–Kier alpha value is -3.10. The van der Waals surface area contributed by atoms with E-state index in [-0.39, 0.29) is 5.75 Å². The maximum absolute atomic E-state index is 12.1. The molecule has 138 valence electrons. The van der Waals surface area contributed by atoms with Crippen molar-refractivity contribution < 1.29 is 22.6 Å². The second-order valence-corrected chi connectivity index (χ2v) is 5.54. The molecule has 0 saturated carbocycles. The van der Waals surface area contributed by atoms with Crippen molar-refractivity contribution in [2.45, 2.75) is 6.36 Å². The van der Waals surface area contributed by atoms with Gasteiger partial charge in [0.2, 0.25) is 5.95 Å². The highest BCUT2D eigenvalue weighted by Crippen LogP contribution is 2.25. The molecular weight excluding hydrogens is 349 g/mol. The first-order valence-electron chi connectivity index (χ1n) is 7.76. The molecule has 0 spiro atoms. The maximum atomic E-state index is 12.1.